The molecular formula is C22H28ClN5O. The predicted molar refractivity (Wildman–Crippen MR) is 115 cm³/mol. The average molecular weight is 414 g/mol. The summed E-state index contributed by atoms with van der Waals surface area (Å²) in [6.45, 7) is 4.44. The molecule has 1 amide bonds. The van der Waals surface area contributed by atoms with Gasteiger partial charge in [-0.3, -0.25) is 14.7 Å². The fraction of sp³-hybridized carbons (Fsp3) is 0.500. The molecule has 1 N–H and O–H groups in total. The third-order valence-electron chi connectivity index (χ3n) is 6.02. The van der Waals surface area contributed by atoms with E-state index < -0.39 is 0 Å². The lowest BCUT2D eigenvalue weighted by molar-refractivity contribution is -0.125. The standard InChI is InChI=1S/C22H28ClN5O/c23-19-5-3-4-18(14-19)20(27-10-1-2-11-27)15-26-22(29)17-6-12-28(13-7-17)21-16-24-8-9-25-21/h3-5,8-9,14,16-17,20H,1-2,6-7,10-13,15H2,(H,26,29). The summed E-state index contributed by atoms with van der Waals surface area (Å²) in [5.74, 6) is 1.11. The van der Waals surface area contributed by atoms with Crippen LogP contribution in [0.15, 0.2) is 42.9 Å². The Morgan fingerprint density at radius 2 is 1.97 bits per heavy atom. The fourth-order valence-electron chi connectivity index (χ4n) is 4.39. The minimum atomic E-state index is 0.0570. The number of piperidine rings is 1. The summed E-state index contributed by atoms with van der Waals surface area (Å²) in [5, 5.41) is 3.98. The molecule has 0 saturated carbocycles. The van der Waals surface area contributed by atoms with Crippen LogP contribution >= 0.6 is 11.6 Å². The van der Waals surface area contributed by atoms with Crippen LogP contribution in [-0.2, 0) is 4.79 Å². The third kappa shape index (κ3) is 5.06. The first kappa shape index (κ1) is 20.1. The Morgan fingerprint density at radius 3 is 2.66 bits per heavy atom. The van der Waals surface area contributed by atoms with E-state index >= 15 is 0 Å². The number of amides is 1. The van der Waals surface area contributed by atoms with E-state index in [-0.39, 0.29) is 17.9 Å². The van der Waals surface area contributed by atoms with Gasteiger partial charge in [-0.25, -0.2) is 4.98 Å². The molecule has 1 atom stereocenters. The molecule has 2 aromatic rings. The van der Waals surface area contributed by atoms with E-state index in [0.717, 1.165) is 49.9 Å². The van der Waals surface area contributed by atoms with Crippen molar-refractivity contribution in [3.63, 3.8) is 0 Å². The number of nitrogens with zero attached hydrogens (tertiary/aromatic N) is 4. The lowest BCUT2D eigenvalue weighted by Gasteiger charge is -2.33. The van der Waals surface area contributed by atoms with Crippen LogP contribution in [0.4, 0.5) is 5.82 Å². The van der Waals surface area contributed by atoms with Gasteiger partial charge in [-0.1, -0.05) is 23.7 Å². The molecule has 1 unspecified atom stereocenters. The molecule has 0 spiro atoms. The third-order valence-corrected chi connectivity index (χ3v) is 6.26. The smallest absolute Gasteiger partial charge is 0.223 e. The summed E-state index contributed by atoms with van der Waals surface area (Å²) in [6, 6.07) is 8.21. The zero-order valence-corrected chi connectivity index (χ0v) is 17.4. The maximum atomic E-state index is 12.9. The summed E-state index contributed by atoms with van der Waals surface area (Å²) in [4.78, 5) is 26.0. The van der Waals surface area contributed by atoms with Gasteiger partial charge in [0, 0.05) is 43.0 Å². The summed E-state index contributed by atoms with van der Waals surface area (Å²) < 4.78 is 0. The van der Waals surface area contributed by atoms with Gasteiger partial charge < -0.3 is 10.2 Å². The topological polar surface area (TPSA) is 61.4 Å². The molecule has 2 aliphatic rings. The van der Waals surface area contributed by atoms with Crippen LogP contribution in [0.5, 0.6) is 0 Å². The number of carbonyl (C=O) groups is 1. The van der Waals surface area contributed by atoms with Crippen molar-refractivity contribution in [3.05, 3.63) is 53.4 Å². The molecular weight excluding hydrogens is 386 g/mol. The molecule has 0 aliphatic carbocycles. The van der Waals surface area contributed by atoms with Crippen molar-refractivity contribution < 1.29 is 4.79 Å². The highest BCUT2D eigenvalue weighted by Gasteiger charge is 2.28. The van der Waals surface area contributed by atoms with E-state index in [1.54, 1.807) is 18.6 Å². The van der Waals surface area contributed by atoms with Crippen LogP contribution < -0.4 is 10.2 Å². The number of aromatic nitrogens is 2. The Balaban J connectivity index is 1.33. The van der Waals surface area contributed by atoms with Crippen LogP contribution in [0, 0.1) is 5.92 Å². The first-order valence-corrected chi connectivity index (χ1v) is 10.9. The highest BCUT2D eigenvalue weighted by Crippen LogP contribution is 2.27. The van der Waals surface area contributed by atoms with Crippen LogP contribution in [-0.4, -0.2) is 53.5 Å². The molecule has 4 rings (SSSR count). The van der Waals surface area contributed by atoms with E-state index in [1.165, 1.54) is 18.4 Å². The number of halogens is 1. The van der Waals surface area contributed by atoms with Crippen LogP contribution in [0.2, 0.25) is 5.02 Å². The number of nitrogens with one attached hydrogen (secondary N) is 1. The van der Waals surface area contributed by atoms with Gasteiger partial charge in [0.05, 0.1) is 12.2 Å². The number of anilines is 1. The zero-order valence-electron chi connectivity index (χ0n) is 16.6. The molecule has 0 radical (unpaired) electrons. The summed E-state index contributed by atoms with van der Waals surface area (Å²) in [7, 11) is 0. The molecule has 29 heavy (non-hydrogen) atoms. The predicted octanol–water partition coefficient (Wildman–Crippen LogP) is 3.30. The molecule has 7 heteroatoms. The van der Waals surface area contributed by atoms with Crippen molar-refractivity contribution in [3.8, 4) is 0 Å². The second-order valence-electron chi connectivity index (χ2n) is 7.88. The zero-order chi connectivity index (χ0) is 20.1. The van der Waals surface area contributed by atoms with Crippen LogP contribution in [0.1, 0.15) is 37.3 Å². The van der Waals surface area contributed by atoms with Gasteiger partial charge in [0.2, 0.25) is 5.91 Å². The van der Waals surface area contributed by atoms with Gasteiger partial charge >= 0.3 is 0 Å². The van der Waals surface area contributed by atoms with Gasteiger partial charge in [0.1, 0.15) is 5.82 Å². The Labute approximate surface area is 177 Å². The van der Waals surface area contributed by atoms with Crippen LogP contribution in [0.3, 0.4) is 0 Å². The highest BCUT2D eigenvalue weighted by molar-refractivity contribution is 6.30. The van der Waals surface area contributed by atoms with Gasteiger partial charge in [0.25, 0.3) is 0 Å². The average Bonchev–Trinajstić information content (AvgIpc) is 3.29. The fourth-order valence-corrected chi connectivity index (χ4v) is 4.59. The molecule has 6 nitrogen and oxygen atoms in total. The lowest BCUT2D eigenvalue weighted by Crippen LogP contribution is -2.43. The van der Waals surface area contributed by atoms with Gasteiger partial charge in [-0.15, -0.1) is 0 Å². The number of likely N-dealkylation sites (tertiary alicyclic amines) is 1. The number of rotatable bonds is 6. The van der Waals surface area contributed by atoms with Crippen molar-refractivity contribution in [2.24, 2.45) is 5.92 Å². The van der Waals surface area contributed by atoms with E-state index in [4.69, 9.17) is 11.6 Å². The van der Waals surface area contributed by atoms with Gasteiger partial charge in [0.15, 0.2) is 0 Å². The Kier molecular flexibility index (Phi) is 6.62. The van der Waals surface area contributed by atoms with Gasteiger partial charge in [-0.05, 0) is 56.5 Å². The van der Waals surface area contributed by atoms with E-state index in [2.05, 4.69) is 31.2 Å². The molecule has 1 aromatic carbocycles. The molecule has 0 bridgehead atoms. The minimum absolute atomic E-state index is 0.0570. The number of hydrogen-bond donors (Lipinski definition) is 1. The van der Waals surface area contributed by atoms with Crippen LogP contribution in [0.25, 0.3) is 0 Å². The Morgan fingerprint density at radius 1 is 1.17 bits per heavy atom. The van der Waals surface area contributed by atoms with Crippen molar-refractivity contribution in [2.45, 2.75) is 31.7 Å². The SMILES string of the molecule is O=C(NCC(c1cccc(Cl)c1)N1CCCC1)C1CCN(c2cnccn2)CC1. The first-order valence-electron chi connectivity index (χ1n) is 10.5. The second kappa shape index (κ2) is 9.55. The first-order chi connectivity index (χ1) is 14.2. The van der Waals surface area contributed by atoms with E-state index in [1.807, 2.05) is 18.2 Å². The van der Waals surface area contributed by atoms with Crippen molar-refractivity contribution in [2.75, 3.05) is 37.6 Å². The van der Waals surface area contributed by atoms with Crippen molar-refractivity contribution in [1.82, 2.24) is 20.2 Å². The van der Waals surface area contributed by atoms with Crippen molar-refractivity contribution >= 4 is 23.3 Å². The number of hydrogen-bond acceptors (Lipinski definition) is 5. The van der Waals surface area contributed by atoms with E-state index in [0.29, 0.717) is 6.54 Å². The molecule has 2 fully saturated rings. The number of carbonyl (C=O) groups excluding carboxylic acids is 1. The quantitative estimate of drug-likeness (QED) is 0.787. The summed E-state index contributed by atoms with van der Waals surface area (Å²) >= 11 is 6.22. The monoisotopic (exact) mass is 413 g/mol. The molecule has 154 valence electrons. The Bertz CT molecular complexity index is 804. The van der Waals surface area contributed by atoms with E-state index in [9.17, 15) is 4.79 Å². The molecule has 1 aromatic heterocycles. The molecule has 2 saturated heterocycles. The normalized spacial score (nSPS) is 19.3. The lowest BCUT2D eigenvalue weighted by atomic mass is 9.95. The molecule has 2 aliphatic heterocycles. The highest BCUT2D eigenvalue weighted by atomic mass is 35.5. The minimum Gasteiger partial charge on any atom is -0.355 e. The molecule has 3 heterocycles. The maximum Gasteiger partial charge on any atom is 0.223 e. The van der Waals surface area contributed by atoms with Crippen molar-refractivity contribution in [1.29, 1.82) is 0 Å². The largest absolute Gasteiger partial charge is 0.355 e. The number of benzene rings is 1. The summed E-state index contributed by atoms with van der Waals surface area (Å²) in [5.41, 5.74) is 1.18. The second-order valence-corrected chi connectivity index (χ2v) is 8.32. The summed E-state index contributed by atoms with van der Waals surface area (Å²) in [6.07, 6.45) is 9.29. The van der Waals surface area contributed by atoms with Gasteiger partial charge in [-0.2, -0.15) is 0 Å². The Hall–Kier alpha value is -2.18. The maximum absolute atomic E-state index is 12.9.